The van der Waals surface area contributed by atoms with E-state index in [4.69, 9.17) is 0 Å². The Bertz CT molecular complexity index is 690. The summed E-state index contributed by atoms with van der Waals surface area (Å²) in [5, 5.41) is 10.4. The van der Waals surface area contributed by atoms with Gasteiger partial charge in [0.15, 0.2) is 0 Å². The lowest BCUT2D eigenvalue weighted by Crippen LogP contribution is -2.49. The number of piperidine rings is 1. The monoisotopic (exact) mass is 351 g/mol. The van der Waals surface area contributed by atoms with Crippen molar-refractivity contribution in [2.45, 2.75) is 69.3 Å². The molecule has 0 amide bonds. The summed E-state index contributed by atoms with van der Waals surface area (Å²) in [6.07, 6.45) is 4.13. The van der Waals surface area contributed by atoms with Crippen LogP contribution in [0, 0.1) is 5.41 Å². The molecule has 1 saturated carbocycles. The first kappa shape index (κ1) is 17.9. The summed E-state index contributed by atoms with van der Waals surface area (Å²) in [7, 11) is -3.49. The number of hydrogen-bond acceptors (Lipinski definition) is 3. The van der Waals surface area contributed by atoms with Crippen molar-refractivity contribution < 1.29 is 13.5 Å². The first-order chi connectivity index (χ1) is 11.2. The van der Waals surface area contributed by atoms with E-state index in [-0.39, 0.29) is 16.9 Å². The third kappa shape index (κ3) is 3.14. The van der Waals surface area contributed by atoms with Crippen LogP contribution in [0.5, 0.6) is 0 Å². The van der Waals surface area contributed by atoms with Gasteiger partial charge in [-0.3, -0.25) is 0 Å². The van der Waals surface area contributed by atoms with Gasteiger partial charge in [0.25, 0.3) is 0 Å². The van der Waals surface area contributed by atoms with E-state index in [1.807, 2.05) is 12.1 Å². The van der Waals surface area contributed by atoms with Gasteiger partial charge in [0.2, 0.25) is 10.0 Å². The number of rotatable bonds is 2. The van der Waals surface area contributed by atoms with E-state index >= 15 is 0 Å². The molecule has 1 aliphatic heterocycles. The van der Waals surface area contributed by atoms with Crippen LogP contribution in [0.4, 0.5) is 0 Å². The molecule has 1 aliphatic carbocycles. The number of aliphatic hydroxyl groups is 1. The second-order valence-corrected chi connectivity index (χ2v) is 10.4. The zero-order valence-electron chi connectivity index (χ0n) is 15.0. The molecule has 1 spiro atoms. The van der Waals surface area contributed by atoms with Gasteiger partial charge in [-0.1, -0.05) is 39.3 Å². The van der Waals surface area contributed by atoms with Gasteiger partial charge in [-0.05, 0) is 48.8 Å². The van der Waals surface area contributed by atoms with Crippen LogP contribution in [0.3, 0.4) is 0 Å². The standard InChI is InChI=1S/C19H29NO3S/c1-18(2,3)15-7-9-16(10-8-15)24(22,23)20-13-5-12-19(14-20)11-4-6-17(19)21/h7-10,17,21H,4-6,11-14H2,1-3H3/t17-,19+/m1/s1. The van der Waals surface area contributed by atoms with E-state index < -0.39 is 10.0 Å². The Morgan fingerprint density at radius 3 is 2.29 bits per heavy atom. The maximum atomic E-state index is 13.0. The summed E-state index contributed by atoms with van der Waals surface area (Å²) < 4.78 is 27.7. The van der Waals surface area contributed by atoms with E-state index in [9.17, 15) is 13.5 Å². The van der Waals surface area contributed by atoms with Gasteiger partial charge < -0.3 is 5.11 Å². The molecular weight excluding hydrogens is 322 g/mol. The van der Waals surface area contributed by atoms with Gasteiger partial charge in [-0.15, -0.1) is 0 Å². The minimum absolute atomic E-state index is 0.00539. The Kier molecular flexibility index (Phi) is 4.56. The Balaban J connectivity index is 1.85. The van der Waals surface area contributed by atoms with E-state index in [0.717, 1.165) is 37.7 Å². The van der Waals surface area contributed by atoms with E-state index in [2.05, 4.69) is 20.8 Å². The minimum atomic E-state index is -3.49. The largest absolute Gasteiger partial charge is 0.392 e. The highest BCUT2D eigenvalue weighted by Gasteiger charge is 2.47. The van der Waals surface area contributed by atoms with Crippen molar-refractivity contribution >= 4 is 10.0 Å². The molecule has 0 unspecified atom stereocenters. The van der Waals surface area contributed by atoms with E-state index in [1.54, 1.807) is 16.4 Å². The average molecular weight is 352 g/mol. The van der Waals surface area contributed by atoms with Crippen LogP contribution in [-0.4, -0.2) is 37.0 Å². The molecule has 4 nitrogen and oxygen atoms in total. The molecule has 1 aromatic rings. The predicted octanol–water partition coefficient (Wildman–Crippen LogP) is 3.30. The fourth-order valence-corrected chi connectivity index (χ4v) is 5.77. The lowest BCUT2D eigenvalue weighted by atomic mass is 9.77. The summed E-state index contributed by atoms with van der Waals surface area (Å²) in [6.45, 7) is 7.36. The van der Waals surface area contributed by atoms with Crippen LogP contribution in [0.1, 0.15) is 58.4 Å². The average Bonchev–Trinajstić information content (AvgIpc) is 2.87. The molecular formula is C19H29NO3S. The molecule has 1 heterocycles. The molecule has 0 radical (unpaired) electrons. The fourth-order valence-electron chi connectivity index (χ4n) is 4.19. The number of aliphatic hydroxyl groups excluding tert-OH is 1. The van der Waals surface area contributed by atoms with Gasteiger partial charge in [-0.2, -0.15) is 4.31 Å². The second kappa shape index (κ2) is 6.11. The molecule has 0 bridgehead atoms. The topological polar surface area (TPSA) is 57.6 Å². The van der Waals surface area contributed by atoms with Gasteiger partial charge in [0, 0.05) is 18.5 Å². The Hall–Kier alpha value is -0.910. The lowest BCUT2D eigenvalue weighted by molar-refractivity contribution is 0.0127. The Labute approximate surface area is 145 Å². The summed E-state index contributed by atoms with van der Waals surface area (Å²) >= 11 is 0. The van der Waals surface area contributed by atoms with Crippen molar-refractivity contribution in [1.82, 2.24) is 4.31 Å². The molecule has 134 valence electrons. The van der Waals surface area contributed by atoms with Crippen LogP contribution in [-0.2, 0) is 15.4 Å². The van der Waals surface area contributed by atoms with Gasteiger partial charge in [-0.25, -0.2) is 8.42 Å². The first-order valence-electron chi connectivity index (χ1n) is 8.94. The molecule has 1 aromatic carbocycles. The smallest absolute Gasteiger partial charge is 0.243 e. The fraction of sp³-hybridized carbons (Fsp3) is 0.684. The molecule has 5 heteroatoms. The van der Waals surface area contributed by atoms with Gasteiger partial charge >= 0.3 is 0 Å². The molecule has 2 fully saturated rings. The Morgan fingerprint density at radius 1 is 1.12 bits per heavy atom. The molecule has 0 aromatic heterocycles. The zero-order chi connectivity index (χ0) is 17.6. The predicted molar refractivity (Wildman–Crippen MR) is 95.4 cm³/mol. The number of sulfonamides is 1. The molecule has 24 heavy (non-hydrogen) atoms. The van der Waals surface area contributed by atoms with Crippen molar-refractivity contribution in [2.24, 2.45) is 5.41 Å². The Morgan fingerprint density at radius 2 is 1.75 bits per heavy atom. The van der Waals surface area contributed by atoms with Crippen molar-refractivity contribution in [3.05, 3.63) is 29.8 Å². The number of benzene rings is 1. The number of hydrogen-bond donors (Lipinski definition) is 1. The van der Waals surface area contributed by atoms with E-state index in [1.165, 1.54) is 0 Å². The normalized spacial score (nSPS) is 29.2. The van der Waals surface area contributed by atoms with Gasteiger partial charge in [0.1, 0.15) is 0 Å². The van der Waals surface area contributed by atoms with Crippen LogP contribution in [0.25, 0.3) is 0 Å². The van der Waals surface area contributed by atoms with Crippen LogP contribution in [0.15, 0.2) is 29.2 Å². The highest BCUT2D eigenvalue weighted by Crippen LogP contribution is 2.46. The maximum absolute atomic E-state index is 13.0. The quantitative estimate of drug-likeness (QED) is 0.889. The van der Waals surface area contributed by atoms with Crippen LogP contribution < -0.4 is 0 Å². The number of nitrogens with zero attached hydrogens (tertiary/aromatic N) is 1. The van der Waals surface area contributed by atoms with E-state index in [0.29, 0.717) is 18.0 Å². The SMILES string of the molecule is CC(C)(C)c1ccc(S(=O)(=O)N2CCC[C@@]3(CCC[C@H]3O)C2)cc1. The zero-order valence-corrected chi connectivity index (χ0v) is 15.8. The summed E-state index contributed by atoms with van der Waals surface area (Å²) in [6, 6.07) is 7.28. The molecule has 1 saturated heterocycles. The second-order valence-electron chi connectivity index (χ2n) is 8.49. The van der Waals surface area contributed by atoms with Crippen LogP contribution in [0.2, 0.25) is 0 Å². The van der Waals surface area contributed by atoms with Crippen molar-refractivity contribution in [2.75, 3.05) is 13.1 Å². The third-order valence-electron chi connectivity index (χ3n) is 5.79. The third-order valence-corrected chi connectivity index (χ3v) is 7.65. The van der Waals surface area contributed by atoms with Crippen molar-refractivity contribution in [3.8, 4) is 0 Å². The summed E-state index contributed by atoms with van der Waals surface area (Å²) in [5.74, 6) is 0. The van der Waals surface area contributed by atoms with Crippen molar-refractivity contribution in [3.63, 3.8) is 0 Å². The summed E-state index contributed by atoms with van der Waals surface area (Å²) in [5.41, 5.74) is 0.907. The molecule has 1 N–H and O–H groups in total. The first-order valence-corrected chi connectivity index (χ1v) is 10.4. The molecule has 3 rings (SSSR count). The van der Waals surface area contributed by atoms with Crippen molar-refractivity contribution in [1.29, 1.82) is 0 Å². The van der Waals surface area contributed by atoms with Gasteiger partial charge in [0.05, 0.1) is 11.0 Å². The molecule has 2 atom stereocenters. The van der Waals surface area contributed by atoms with Crippen LogP contribution >= 0.6 is 0 Å². The summed E-state index contributed by atoms with van der Waals surface area (Å²) in [4.78, 5) is 0.361. The minimum Gasteiger partial charge on any atom is -0.392 e. The maximum Gasteiger partial charge on any atom is 0.243 e. The highest BCUT2D eigenvalue weighted by molar-refractivity contribution is 7.89. The lowest BCUT2D eigenvalue weighted by Gasteiger charge is -2.41. The highest BCUT2D eigenvalue weighted by atomic mass is 32.2. The molecule has 2 aliphatic rings.